The van der Waals surface area contributed by atoms with Gasteiger partial charge in [0, 0.05) is 78.6 Å². The molecule has 0 radical (unpaired) electrons. The monoisotopic (exact) mass is 758 g/mol. The molecular formula is C37H39BF2N7O4S2+. The maximum absolute atomic E-state index is 13.7. The van der Waals surface area contributed by atoms with Crippen molar-refractivity contribution < 1.29 is 32.7 Å². The summed E-state index contributed by atoms with van der Waals surface area (Å²) >= 11 is 2.90. The van der Waals surface area contributed by atoms with Crippen molar-refractivity contribution in [2.24, 2.45) is 10.2 Å². The van der Waals surface area contributed by atoms with E-state index in [0.717, 1.165) is 37.7 Å². The first kappa shape index (κ1) is 37.8. The molecule has 1 saturated heterocycles. The number of carbonyl (C=O) groups excluding carboxylic acids is 2. The molecule has 0 saturated carbocycles. The molecule has 4 heterocycles. The highest BCUT2D eigenvalue weighted by Crippen LogP contribution is 2.42. The van der Waals surface area contributed by atoms with Crippen LogP contribution in [0.2, 0.25) is 0 Å². The number of hydrogen-bond donors (Lipinski definition) is 2. The number of likely N-dealkylation sites (N-methyl/N-ethyl adjacent to an activating group) is 1. The first-order chi connectivity index (χ1) is 25.3. The van der Waals surface area contributed by atoms with Crippen LogP contribution in [-0.2, 0) is 14.4 Å². The normalized spacial score (nSPS) is 19.0. The molecule has 3 aromatic rings. The molecule has 53 heavy (non-hydrogen) atoms. The molecule has 11 nitrogen and oxygen atoms in total. The lowest BCUT2D eigenvalue weighted by molar-refractivity contribution is -0.433. The second-order valence-electron chi connectivity index (χ2n) is 13.1. The molecule has 2 unspecified atom stereocenters. The van der Waals surface area contributed by atoms with Crippen LogP contribution in [0.25, 0.3) is 6.08 Å². The van der Waals surface area contributed by atoms with E-state index in [1.807, 2.05) is 91.3 Å². The molecular weight excluding hydrogens is 719 g/mol. The van der Waals surface area contributed by atoms with E-state index >= 15 is 0 Å². The topological polar surface area (TPSA) is 123 Å². The molecule has 0 aliphatic carbocycles. The summed E-state index contributed by atoms with van der Waals surface area (Å²) < 4.78 is 30.2. The van der Waals surface area contributed by atoms with Crippen LogP contribution in [0.1, 0.15) is 29.8 Å². The van der Waals surface area contributed by atoms with Gasteiger partial charge in [-0.25, -0.2) is 4.79 Å². The van der Waals surface area contributed by atoms with E-state index in [0.29, 0.717) is 40.6 Å². The lowest BCUT2D eigenvalue weighted by Gasteiger charge is -2.49. The molecule has 2 atom stereocenters. The fourth-order valence-corrected chi connectivity index (χ4v) is 8.76. The summed E-state index contributed by atoms with van der Waals surface area (Å²) in [5.74, 6) is -1.18. The van der Waals surface area contributed by atoms with Crippen LogP contribution in [0, 0.1) is 13.8 Å². The molecule has 2 N–H and O–H groups in total. The van der Waals surface area contributed by atoms with Gasteiger partial charge in [-0.3, -0.25) is 23.1 Å². The quantitative estimate of drug-likeness (QED) is 0.0658. The maximum atomic E-state index is 13.7. The van der Waals surface area contributed by atoms with Crippen molar-refractivity contribution in [1.29, 1.82) is 0 Å². The number of aliphatic carboxylic acids is 1. The molecule has 1 aromatic heterocycles. The smallest absolute Gasteiger partial charge is 0.477 e. The molecule has 0 spiro atoms. The largest absolute Gasteiger partial charge is 0.677 e. The molecule has 16 heteroatoms. The number of rotatable bonds is 13. The van der Waals surface area contributed by atoms with Gasteiger partial charge in [-0.15, -0.1) is 23.5 Å². The van der Waals surface area contributed by atoms with Crippen LogP contribution in [0.3, 0.4) is 0 Å². The summed E-state index contributed by atoms with van der Waals surface area (Å²) in [7, 11) is 3.09. The zero-order chi connectivity index (χ0) is 38.0. The Morgan fingerprint density at radius 2 is 1.75 bits per heavy atom. The van der Waals surface area contributed by atoms with Gasteiger partial charge in [-0.05, 0) is 79.6 Å². The lowest BCUT2D eigenvalue weighted by atomic mass is 10.0. The number of anilines is 1. The molecule has 1 fully saturated rings. The van der Waals surface area contributed by atoms with Gasteiger partial charge in [0.25, 0.3) is 5.91 Å². The number of aryl methyl sites for hydroxylation is 2. The molecule has 3 aliphatic rings. The predicted octanol–water partition coefficient (Wildman–Crippen LogP) is 6.66. The number of nitrogens with one attached hydrogen (secondary N) is 1. The highest BCUT2D eigenvalue weighted by molar-refractivity contribution is 8.01. The summed E-state index contributed by atoms with van der Waals surface area (Å²) in [6.45, 7) is 3.43. The fraction of sp³-hybridized carbons (Fsp3) is 0.297. The Hall–Kier alpha value is -4.96. The van der Waals surface area contributed by atoms with E-state index in [2.05, 4.69) is 15.5 Å². The van der Waals surface area contributed by atoms with Gasteiger partial charge in [0.2, 0.25) is 11.6 Å². The van der Waals surface area contributed by atoms with Crippen LogP contribution in [0.15, 0.2) is 98.8 Å². The Morgan fingerprint density at radius 1 is 1.09 bits per heavy atom. The lowest BCUT2D eigenvalue weighted by Crippen LogP contribution is -2.70. The summed E-state index contributed by atoms with van der Waals surface area (Å²) in [5.41, 5.74) is 6.28. The van der Waals surface area contributed by atoms with Gasteiger partial charge >= 0.3 is 13.4 Å². The first-order valence-electron chi connectivity index (χ1n) is 16.9. The van der Waals surface area contributed by atoms with Gasteiger partial charge in [-0.1, -0.05) is 0 Å². The maximum Gasteiger partial charge on any atom is 0.677 e. The van der Waals surface area contributed by atoms with E-state index in [1.165, 1.54) is 28.4 Å². The second kappa shape index (κ2) is 16.0. The number of β-lactam (4-membered cyclic amide) rings is 1. The summed E-state index contributed by atoms with van der Waals surface area (Å²) in [5, 5.41) is 21.0. The third-order valence-electron chi connectivity index (χ3n) is 9.28. The minimum atomic E-state index is -2.66. The second-order valence-corrected chi connectivity index (χ2v) is 15.2. The predicted molar refractivity (Wildman–Crippen MR) is 207 cm³/mol. The molecule has 3 aliphatic heterocycles. The highest BCUT2D eigenvalue weighted by atomic mass is 32.2. The molecule has 2 amide bonds. The Kier molecular flexibility index (Phi) is 11.4. The van der Waals surface area contributed by atoms with Gasteiger partial charge in [0.05, 0.1) is 11.4 Å². The van der Waals surface area contributed by atoms with Crippen molar-refractivity contribution in [2.45, 2.75) is 43.0 Å². The number of hydrogen-bond acceptors (Lipinski definition) is 8. The first-order valence-corrected chi connectivity index (χ1v) is 18.9. The number of halogens is 2. The Labute approximate surface area is 315 Å². The Balaban J connectivity index is 1.03. The Bertz CT molecular complexity index is 2090. The van der Waals surface area contributed by atoms with Crippen molar-refractivity contribution in [1.82, 2.24) is 14.7 Å². The summed E-state index contributed by atoms with van der Waals surface area (Å²) in [6, 6.07) is 16.1. The number of allylic oxidation sites excluding steroid dienone is 2. The SMILES string of the molecule is Cc1cc(C)n(B(F)F)c1/C=C1/C=CC(CCC(=O)NC2C(=O)N3C(C(=O)O)=C(CSc4ccc(N=Nc5ccc(N(C)C)cc5)cc4)CSC23)=[N+]1C. The summed E-state index contributed by atoms with van der Waals surface area (Å²) in [6.07, 6.45) is 5.83. The van der Waals surface area contributed by atoms with Crippen LogP contribution < -0.4 is 10.2 Å². The van der Waals surface area contributed by atoms with E-state index in [-0.39, 0.29) is 18.0 Å². The third kappa shape index (κ3) is 8.18. The van der Waals surface area contributed by atoms with E-state index in [1.54, 1.807) is 26.0 Å². The van der Waals surface area contributed by atoms with Gasteiger partial charge in [0.15, 0.2) is 5.71 Å². The van der Waals surface area contributed by atoms with Crippen molar-refractivity contribution in [3.8, 4) is 0 Å². The number of azo groups is 1. The molecule has 274 valence electrons. The van der Waals surface area contributed by atoms with Gasteiger partial charge in [-0.2, -0.15) is 14.8 Å². The van der Waals surface area contributed by atoms with Crippen LogP contribution in [0.5, 0.6) is 0 Å². The number of benzene rings is 2. The number of fused-ring (bicyclic) bond motifs is 1. The third-order valence-corrected chi connectivity index (χ3v) is 11.7. The number of aromatic nitrogens is 1. The number of carboxylic acids is 1. The van der Waals surface area contributed by atoms with Crippen LogP contribution in [0.4, 0.5) is 25.7 Å². The fourth-order valence-electron chi connectivity index (χ4n) is 6.38. The van der Waals surface area contributed by atoms with Gasteiger partial charge in [0.1, 0.15) is 24.2 Å². The van der Waals surface area contributed by atoms with Crippen molar-refractivity contribution in [3.63, 3.8) is 0 Å². The average Bonchev–Trinajstić information content (AvgIpc) is 3.63. The highest BCUT2D eigenvalue weighted by Gasteiger charge is 2.54. The minimum Gasteiger partial charge on any atom is -0.477 e. The van der Waals surface area contributed by atoms with E-state index in [9.17, 15) is 28.1 Å². The van der Waals surface area contributed by atoms with E-state index < -0.39 is 30.7 Å². The Morgan fingerprint density at radius 3 is 2.38 bits per heavy atom. The number of thioether (sulfide) groups is 2. The van der Waals surface area contributed by atoms with Crippen molar-refractivity contribution in [2.75, 3.05) is 37.5 Å². The zero-order valence-electron chi connectivity index (χ0n) is 29.9. The number of carboxylic acid groups (broad SMARTS) is 1. The molecule has 2 aromatic carbocycles. The number of nitrogens with zero attached hydrogens (tertiary/aromatic N) is 6. The minimum absolute atomic E-state index is 0.0292. The van der Waals surface area contributed by atoms with E-state index in [4.69, 9.17) is 0 Å². The molecule has 6 rings (SSSR count). The average molecular weight is 759 g/mol. The van der Waals surface area contributed by atoms with Gasteiger partial charge < -0.3 is 19.8 Å². The van der Waals surface area contributed by atoms with Crippen LogP contribution >= 0.6 is 23.5 Å². The number of carbonyl (C=O) groups is 3. The standard InChI is InChI=1S/C37H38BF2N7O4S2/c1-22-18-23(2)47(38(39)40)31(22)19-29-13-12-28(45(29)5)14-17-32(48)41-33-35(49)46-34(37(50)51)24(21-53-36(33)46)20-52-30-15-8-26(9-16-30)43-42-25-6-10-27(11-7-25)44(3)4/h6-13,15-16,18-19,33,36H,14,17,20-21H2,1-5H3,(H-,41,48,50,51)/p+1. The van der Waals surface area contributed by atoms with Crippen molar-refractivity contribution >= 4 is 77.6 Å². The zero-order valence-corrected chi connectivity index (χ0v) is 31.5. The molecule has 0 bridgehead atoms. The summed E-state index contributed by atoms with van der Waals surface area (Å²) in [4.78, 5) is 42.8. The van der Waals surface area contributed by atoms with Crippen LogP contribution in [-0.4, -0.2) is 94.0 Å². The number of amides is 2. The van der Waals surface area contributed by atoms with Crippen molar-refractivity contribution in [3.05, 3.63) is 101 Å².